The summed E-state index contributed by atoms with van der Waals surface area (Å²) >= 11 is 1.50. The van der Waals surface area contributed by atoms with E-state index < -0.39 is 0 Å². The molecule has 136 valence electrons. The highest BCUT2D eigenvalue weighted by Crippen LogP contribution is 2.19. The summed E-state index contributed by atoms with van der Waals surface area (Å²) < 4.78 is 1.91. The highest BCUT2D eigenvalue weighted by atomic mass is 32.1. The van der Waals surface area contributed by atoms with E-state index in [9.17, 15) is 4.79 Å². The fraction of sp³-hybridized carbons (Fsp3) is 0.375. The van der Waals surface area contributed by atoms with E-state index in [2.05, 4.69) is 30.5 Å². The van der Waals surface area contributed by atoms with Gasteiger partial charge in [0.25, 0.3) is 0 Å². The highest BCUT2D eigenvalue weighted by Gasteiger charge is 2.13. The van der Waals surface area contributed by atoms with E-state index in [1.165, 1.54) is 11.3 Å². The number of hydrogen-bond donors (Lipinski definition) is 1. The van der Waals surface area contributed by atoms with Crippen LogP contribution < -0.4 is 5.32 Å². The second-order valence-electron chi connectivity index (χ2n) is 5.59. The second kappa shape index (κ2) is 8.48. The van der Waals surface area contributed by atoms with Crippen LogP contribution in [0.25, 0.3) is 10.8 Å². The molecule has 3 rings (SSSR count). The Bertz CT molecular complexity index is 847. The van der Waals surface area contributed by atoms with Gasteiger partial charge in [-0.1, -0.05) is 0 Å². The van der Waals surface area contributed by atoms with Crippen molar-refractivity contribution in [1.82, 2.24) is 39.9 Å². The zero-order valence-electron chi connectivity index (χ0n) is 14.7. The third-order valence-electron chi connectivity index (χ3n) is 3.73. The van der Waals surface area contributed by atoms with Crippen molar-refractivity contribution in [2.75, 3.05) is 13.6 Å². The number of carbonyl (C=O) groups is 1. The lowest BCUT2D eigenvalue weighted by atomic mass is 10.3. The number of carbonyl (C=O) groups excluding carboxylic acids is 1. The summed E-state index contributed by atoms with van der Waals surface area (Å²) in [7, 11) is 1.73. The van der Waals surface area contributed by atoms with Crippen LogP contribution in [-0.4, -0.2) is 54.2 Å². The molecule has 10 heteroatoms. The summed E-state index contributed by atoms with van der Waals surface area (Å²) in [4.78, 5) is 26.7. The van der Waals surface area contributed by atoms with Crippen molar-refractivity contribution in [3.63, 3.8) is 0 Å². The molecule has 26 heavy (non-hydrogen) atoms. The monoisotopic (exact) mass is 372 g/mol. The van der Waals surface area contributed by atoms with Crippen LogP contribution in [0.15, 0.2) is 30.2 Å². The van der Waals surface area contributed by atoms with E-state index in [1.54, 1.807) is 36.7 Å². The molecule has 0 aliphatic rings. The lowest BCUT2D eigenvalue weighted by Gasteiger charge is -2.17. The van der Waals surface area contributed by atoms with Crippen molar-refractivity contribution in [1.29, 1.82) is 0 Å². The molecule has 0 saturated carbocycles. The van der Waals surface area contributed by atoms with E-state index in [4.69, 9.17) is 0 Å². The lowest BCUT2D eigenvalue weighted by molar-refractivity contribution is 0.205. The van der Waals surface area contributed by atoms with Crippen LogP contribution in [-0.2, 0) is 19.5 Å². The Kier molecular flexibility index (Phi) is 5.84. The lowest BCUT2D eigenvalue weighted by Crippen LogP contribution is -2.38. The predicted octanol–water partition coefficient (Wildman–Crippen LogP) is 1.60. The Hall–Kier alpha value is -2.88. The smallest absolute Gasteiger partial charge is 0.317 e. The molecule has 0 bridgehead atoms. The van der Waals surface area contributed by atoms with Gasteiger partial charge in [0, 0.05) is 44.3 Å². The minimum absolute atomic E-state index is 0.155. The average molecular weight is 372 g/mol. The number of aryl methyl sites for hydroxylation is 1. The number of thiazole rings is 1. The number of urea groups is 1. The van der Waals surface area contributed by atoms with Crippen molar-refractivity contribution in [2.24, 2.45) is 0 Å². The quantitative estimate of drug-likeness (QED) is 0.676. The van der Waals surface area contributed by atoms with Crippen LogP contribution in [0.2, 0.25) is 0 Å². The van der Waals surface area contributed by atoms with Gasteiger partial charge in [-0.15, -0.1) is 21.5 Å². The van der Waals surface area contributed by atoms with E-state index >= 15 is 0 Å². The van der Waals surface area contributed by atoms with Gasteiger partial charge >= 0.3 is 6.03 Å². The summed E-state index contributed by atoms with van der Waals surface area (Å²) in [6.07, 6.45) is 5.70. The fourth-order valence-corrected chi connectivity index (χ4v) is 3.11. The number of aromatic nitrogens is 6. The standard InChI is InChI=1S/C16H20N8OS/c1-3-24-11-20-22-13(24)9-23(2)16(25)19-8-5-12-10-26-15(21-12)14-17-6-4-7-18-14/h4,6-7,10-11H,3,5,8-9H2,1-2H3,(H,19,25). The number of amides is 2. The van der Waals surface area contributed by atoms with Gasteiger partial charge < -0.3 is 14.8 Å². The summed E-state index contributed by atoms with van der Waals surface area (Å²) in [6.45, 7) is 3.69. The molecule has 0 aliphatic heterocycles. The van der Waals surface area contributed by atoms with Gasteiger partial charge in [-0.05, 0) is 13.0 Å². The van der Waals surface area contributed by atoms with Crippen molar-refractivity contribution < 1.29 is 4.79 Å². The molecule has 3 aromatic heterocycles. The van der Waals surface area contributed by atoms with Crippen molar-refractivity contribution in [3.05, 3.63) is 41.7 Å². The predicted molar refractivity (Wildman–Crippen MR) is 97.4 cm³/mol. The largest absolute Gasteiger partial charge is 0.338 e. The maximum absolute atomic E-state index is 12.2. The number of hydrogen-bond acceptors (Lipinski definition) is 7. The number of nitrogens with zero attached hydrogens (tertiary/aromatic N) is 7. The third kappa shape index (κ3) is 4.39. The molecule has 0 aliphatic carbocycles. The fourth-order valence-electron chi connectivity index (χ4n) is 2.32. The summed E-state index contributed by atoms with van der Waals surface area (Å²) in [6, 6.07) is 1.62. The minimum Gasteiger partial charge on any atom is -0.338 e. The number of rotatable bonds is 7. The normalized spacial score (nSPS) is 10.7. The molecular weight excluding hydrogens is 352 g/mol. The average Bonchev–Trinajstić information content (AvgIpc) is 3.31. The Morgan fingerprint density at radius 1 is 1.35 bits per heavy atom. The van der Waals surface area contributed by atoms with Crippen LogP contribution in [0.5, 0.6) is 0 Å². The molecule has 0 spiro atoms. The zero-order valence-corrected chi connectivity index (χ0v) is 15.5. The summed E-state index contributed by atoms with van der Waals surface area (Å²) in [5, 5.41) is 13.5. The summed E-state index contributed by atoms with van der Waals surface area (Å²) in [5.41, 5.74) is 0.908. The van der Waals surface area contributed by atoms with Crippen molar-refractivity contribution in [2.45, 2.75) is 26.4 Å². The second-order valence-corrected chi connectivity index (χ2v) is 6.45. The molecule has 3 heterocycles. The van der Waals surface area contributed by atoms with Gasteiger partial charge in [0.1, 0.15) is 6.33 Å². The van der Waals surface area contributed by atoms with Crippen LogP contribution in [0.4, 0.5) is 4.79 Å². The van der Waals surface area contributed by atoms with E-state index in [0.29, 0.717) is 25.3 Å². The van der Waals surface area contributed by atoms with Gasteiger partial charge in [0.2, 0.25) is 0 Å². The Morgan fingerprint density at radius 2 is 2.15 bits per heavy atom. The topological polar surface area (TPSA) is 102 Å². The van der Waals surface area contributed by atoms with Crippen LogP contribution >= 0.6 is 11.3 Å². The highest BCUT2D eigenvalue weighted by molar-refractivity contribution is 7.13. The zero-order chi connectivity index (χ0) is 18.4. The maximum atomic E-state index is 12.2. The third-order valence-corrected chi connectivity index (χ3v) is 4.61. The van der Waals surface area contributed by atoms with Gasteiger partial charge in [-0.25, -0.2) is 19.7 Å². The van der Waals surface area contributed by atoms with E-state index in [0.717, 1.165) is 23.1 Å². The molecule has 0 unspecified atom stereocenters. The first-order chi connectivity index (χ1) is 12.7. The first-order valence-electron chi connectivity index (χ1n) is 8.24. The van der Waals surface area contributed by atoms with Crippen LogP contribution in [0, 0.1) is 0 Å². The molecule has 0 fully saturated rings. The molecule has 0 saturated heterocycles. The Balaban J connectivity index is 1.47. The number of nitrogens with one attached hydrogen (secondary N) is 1. The maximum Gasteiger partial charge on any atom is 0.317 e. The summed E-state index contributed by atoms with van der Waals surface area (Å²) in [5.74, 6) is 1.38. The van der Waals surface area contributed by atoms with E-state index in [1.807, 2.05) is 16.9 Å². The minimum atomic E-state index is -0.155. The molecule has 0 aromatic carbocycles. The van der Waals surface area contributed by atoms with Gasteiger partial charge in [-0.3, -0.25) is 0 Å². The van der Waals surface area contributed by atoms with Gasteiger partial charge in [0.15, 0.2) is 16.7 Å². The first-order valence-corrected chi connectivity index (χ1v) is 9.12. The first kappa shape index (κ1) is 17.9. The van der Waals surface area contributed by atoms with Crippen molar-refractivity contribution in [3.8, 4) is 10.8 Å². The SMILES string of the molecule is CCn1cnnc1CN(C)C(=O)NCCc1csc(-c2ncccn2)n1. The van der Waals surface area contributed by atoms with Crippen LogP contribution in [0.3, 0.4) is 0 Å². The Labute approximate surface area is 155 Å². The molecular formula is C16H20N8OS. The molecule has 2 amide bonds. The van der Waals surface area contributed by atoms with Gasteiger partial charge in [-0.2, -0.15) is 0 Å². The Morgan fingerprint density at radius 3 is 2.92 bits per heavy atom. The van der Waals surface area contributed by atoms with Crippen molar-refractivity contribution >= 4 is 17.4 Å². The molecule has 1 N–H and O–H groups in total. The molecule has 9 nitrogen and oxygen atoms in total. The molecule has 0 atom stereocenters. The van der Waals surface area contributed by atoms with Crippen LogP contribution in [0.1, 0.15) is 18.4 Å². The van der Waals surface area contributed by atoms with E-state index in [-0.39, 0.29) is 6.03 Å². The van der Waals surface area contributed by atoms with Gasteiger partial charge in [0.05, 0.1) is 12.2 Å². The molecule has 0 radical (unpaired) electrons. The molecule has 3 aromatic rings.